The van der Waals surface area contributed by atoms with E-state index in [4.69, 9.17) is 0 Å². The van der Waals surface area contributed by atoms with E-state index in [-0.39, 0.29) is 24.3 Å². The van der Waals surface area contributed by atoms with Crippen molar-refractivity contribution < 1.29 is 9.59 Å². The Labute approximate surface area is 121 Å². The third-order valence-electron chi connectivity index (χ3n) is 3.45. The molecule has 0 aromatic heterocycles. The van der Waals surface area contributed by atoms with Gasteiger partial charge in [0.25, 0.3) is 0 Å². The molecular formula is C16H24N2O2. The molecule has 0 unspecified atom stereocenters. The molecule has 2 amide bonds. The third-order valence-corrected chi connectivity index (χ3v) is 3.45. The van der Waals surface area contributed by atoms with E-state index in [9.17, 15) is 9.59 Å². The van der Waals surface area contributed by atoms with Gasteiger partial charge in [0, 0.05) is 11.6 Å². The van der Waals surface area contributed by atoms with Crippen LogP contribution in [-0.4, -0.2) is 18.4 Å². The second-order valence-corrected chi connectivity index (χ2v) is 5.10. The maximum atomic E-state index is 11.9. The van der Waals surface area contributed by atoms with Gasteiger partial charge in [0.2, 0.25) is 11.8 Å². The van der Waals surface area contributed by atoms with Crippen molar-refractivity contribution in [1.82, 2.24) is 5.32 Å². The predicted molar refractivity (Wildman–Crippen MR) is 81.6 cm³/mol. The Bertz CT molecular complexity index is 479. The molecule has 0 saturated heterocycles. The fraction of sp³-hybridized carbons (Fsp3) is 0.500. The molecule has 4 heteroatoms. The Morgan fingerprint density at radius 1 is 1.15 bits per heavy atom. The molecule has 1 rings (SSSR count). The quantitative estimate of drug-likeness (QED) is 0.839. The third kappa shape index (κ3) is 4.68. The fourth-order valence-corrected chi connectivity index (χ4v) is 2.04. The second kappa shape index (κ2) is 7.68. The molecule has 0 bridgehead atoms. The molecule has 20 heavy (non-hydrogen) atoms. The van der Waals surface area contributed by atoms with Crippen LogP contribution in [-0.2, 0) is 9.59 Å². The minimum atomic E-state index is -0.196. The van der Waals surface area contributed by atoms with Crippen LogP contribution in [0.1, 0.15) is 37.8 Å². The Morgan fingerprint density at radius 2 is 1.80 bits per heavy atom. The number of rotatable bonds is 6. The molecule has 1 aromatic rings. The highest BCUT2D eigenvalue weighted by Crippen LogP contribution is 2.16. The van der Waals surface area contributed by atoms with Gasteiger partial charge in [0.05, 0.1) is 6.54 Å². The van der Waals surface area contributed by atoms with Gasteiger partial charge in [-0.15, -0.1) is 0 Å². The van der Waals surface area contributed by atoms with Gasteiger partial charge in [0.1, 0.15) is 0 Å². The number of amides is 2. The summed E-state index contributed by atoms with van der Waals surface area (Å²) < 4.78 is 0. The number of benzene rings is 1. The van der Waals surface area contributed by atoms with Crippen molar-refractivity contribution in [3.8, 4) is 0 Å². The highest BCUT2D eigenvalue weighted by molar-refractivity contribution is 5.95. The van der Waals surface area contributed by atoms with Crippen molar-refractivity contribution in [3.63, 3.8) is 0 Å². The van der Waals surface area contributed by atoms with Gasteiger partial charge in [-0.3, -0.25) is 9.59 Å². The topological polar surface area (TPSA) is 58.2 Å². The average Bonchev–Trinajstić information content (AvgIpc) is 2.42. The first-order chi connectivity index (χ1) is 9.47. The monoisotopic (exact) mass is 276 g/mol. The second-order valence-electron chi connectivity index (χ2n) is 5.10. The minimum absolute atomic E-state index is 0.0106. The van der Waals surface area contributed by atoms with E-state index in [0.717, 1.165) is 29.7 Å². The van der Waals surface area contributed by atoms with Crippen LogP contribution in [0.4, 0.5) is 5.69 Å². The highest BCUT2D eigenvalue weighted by atomic mass is 16.2. The number of hydrogen-bond donors (Lipinski definition) is 2. The number of carbonyl (C=O) groups excluding carboxylic acids is 2. The van der Waals surface area contributed by atoms with Gasteiger partial charge >= 0.3 is 0 Å². The summed E-state index contributed by atoms with van der Waals surface area (Å²) in [6.45, 7) is 7.89. The van der Waals surface area contributed by atoms with E-state index in [2.05, 4.69) is 10.6 Å². The maximum Gasteiger partial charge on any atom is 0.243 e. The Balaban J connectivity index is 2.52. The molecule has 0 aliphatic heterocycles. The van der Waals surface area contributed by atoms with E-state index in [1.807, 2.05) is 45.9 Å². The van der Waals surface area contributed by atoms with Gasteiger partial charge in [0.15, 0.2) is 0 Å². The van der Waals surface area contributed by atoms with Crippen molar-refractivity contribution in [1.29, 1.82) is 0 Å². The normalized spacial score (nSPS) is 10.4. The smallest absolute Gasteiger partial charge is 0.243 e. The van der Waals surface area contributed by atoms with Crippen molar-refractivity contribution >= 4 is 17.5 Å². The van der Waals surface area contributed by atoms with Crippen molar-refractivity contribution in [2.75, 3.05) is 11.9 Å². The van der Waals surface area contributed by atoms with Crippen LogP contribution in [0.25, 0.3) is 0 Å². The zero-order chi connectivity index (χ0) is 15.1. The molecule has 0 radical (unpaired) electrons. The van der Waals surface area contributed by atoms with E-state index in [1.165, 1.54) is 0 Å². The summed E-state index contributed by atoms with van der Waals surface area (Å²) in [6.07, 6.45) is 1.59. The summed E-state index contributed by atoms with van der Waals surface area (Å²) in [7, 11) is 0. The molecule has 1 aromatic carbocycles. The average molecular weight is 276 g/mol. The fourth-order valence-electron chi connectivity index (χ4n) is 2.04. The number of hydrogen-bond acceptors (Lipinski definition) is 2. The number of carbonyl (C=O) groups is 2. The molecule has 0 fully saturated rings. The van der Waals surface area contributed by atoms with Crippen LogP contribution in [0.5, 0.6) is 0 Å². The molecule has 0 aliphatic carbocycles. The van der Waals surface area contributed by atoms with Crippen molar-refractivity contribution in [2.24, 2.45) is 5.92 Å². The number of nitrogens with one attached hydrogen (secondary N) is 2. The summed E-state index contributed by atoms with van der Waals surface area (Å²) in [5, 5.41) is 5.52. The largest absolute Gasteiger partial charge is 0.347 e. The molecule has 0 aliphatic rings. The lowest BCUT2D eigenvalue weighted by Crippen LogP contribution is -2.36. The van der Waals surface area contributed by atoms with Crippen LogP contribution in [0.15, 0.2) is 18.2 Å². The molecular weight excluding hydrogens is 252 g/mol. The van der Waals surface area contributed by atoms with E-state index < -0.39 is 0 Å². The molecule has 0 atom stereocenters. The number of aryl methyl sites for hydroxylation is 2. The lowest BCUT2D eigenvalue weighted by molar-refractivity contribution is -0.127. The van der Waals surface area contributed by atoms with Gasteiger partial charge < -0.3 is 10.6 Å². The lowest BCUT2D eigenvalue weighted by Gasteiger charge is -2.13. The lowest BCUT2D eigenvalue weighted by atomic mass is 10.0. The Morgan fingerprint density at radius 3 is 2.40 bits per heavy atom. The van der Waals surface area contributed by atoms with Crippen molar-refractivity contribution in [3.05, 3.63) is 29.3 Å². The van der Waals surface area contributed by atoms with Crippen LogP contribution in [0.3, 0.4) is 0 Å². The van der Waals surface area contributed by atoms with Gasteiger partial charge in [-0.2, -0.15) is 0 Å². The molecule has 4 nitrogen and oxygen atoms in total. The van der Waals surface area contributed by atoms with Gasteiger partial charge in [-0.25, -0.2) is 0 Å². The maximum absolute atomic E-state index is 11.9. The van der Waals surface area contributed by atoms with E-state index in [0.29, 0.717) is 0 Å². The van der Waals surface area contributed by atoms with Crippen LogP contribution in [0.2, 0.25) is 0 Å². The van der Waals surface area contributed by atoms with Crippen LogP contribution >= 0.6 is 0 Å². The van der Waals surface area contributed by atoms with Gasteiger partial charge in [-0.05, 0) is 43.9 Å². The molecule has 0 spiro atoms. The molecule has 2 N–H and O–H groups in total. The Hall–Kier alpha value is -1.84. The van der Waals surface area contributed by atoms with E-state index in [1.54, 1.807) is 0 Å². The summed E-state index contributed by atoms with van der Waals surface area (Å²) in [6, 6.07) is 5.89. The van der Waals surface area contributed by atoms with Crippen molar-refractivity contribution in [2.45, 2.75) is 40.5 Å². The predicted octanol–water partition coefficient (Wildman–Crippen LogP) is 2.79. The first-order valence-electron chi connectivity index (χ1n) is 7.12. The minimum Gasteiger partial charge on any atom is -0.347 e. The van der Waals surface area contributed by atoms with Crippen LogP contribution in [0, 0.1) is 19.8 Å². The molecule has 110 valence electrons. The Kier molecular flexibility index (Phi) is 6.22. The first kappa shape index (κ1) is 16.2. The SMILES string of the molecule is CCC(CC)C(=O)NCC(=O)Nc1cc(C)ccc1C. The van der Waals surface area contributed by atoms with E-state index >= 15 is 0 Å². The summed E-state index contributed by atoms with van der Waals surface area (Å²) in [5.41, 5.74) is 2.90. The highest BCUT2D eigenvalue weighted by Gasteiger charge is 2.14. The zero-order valence-electron chi connectivity index (χ0n) is 12.7. The summed E-state index contributed by atoms with van der Waals surface area (Å²) in [5.74, 6) is -0.257. The van der Waals surface area contributed by atoms with Crippen LogP contribution < -0.4 is 10.6 Å². The number of anilines is 1. The van der Waals surface area contributed by atoms with Gasteiger partial charge in [-0.1, -0.05) is 26.0 Å². The summed E-state index contributed by atoms with van der Waals surface area (Å²) in [4.78, 5) is 23.6. The molecule has 0 heterocycles. The molecule has 0 saturated carbocycles. The summed E-state index contributed by atoms with van der Waals surface area (Å²) >= 11 is 0. The first-order valence-corrected chi connectivity index (χ1v) is 7.12. The standard InChI is InChI=1S/C16H24N2O2/c1-5-13(6-2)16(20)17-10-15(19)18-14-9-11(3)7-8-12(14)4/h7-9,13H,5-6,10H2,1-4H3,(H,17,20)(H,18,19). The zero-order valence-corrected chi connectivity index (χ0v) is 12.7.